The Hall–Kier alpha value is -2.51. The Balaban J connectivity index is 1.44. The predicted molar refractivity (Wildman–Crippen MR) is 108 cm³/mol. The zero-order chi connectivity index (χ0) is 20.1. The summed E-state index contributed by atoms with van der Waals surface area (Å²) in [6.07, 6.45) is 2.43. The Bertz CT molecular complexity index is 967. The van der Waals surface area contributed by atoms with E-state index in [4.69, 9.17) is 27.9 Å². The van der Waals surface area contributed by atoms with E-state index in [2.05, 4.69) is 15.5 Å². The molecule has 0 unspecified atom stereocenters. The Morgan fingerprint density at radius 1 is 1.21 bits per heavy atom. The number of hydrogen-bond acceptors (Lipinski definition) is 4. The molecule has 0 saturated heterocycles. The number of rotatable bonds is 8. The quantitative estimate of drug-likeness (QED) is 0.560. The molecule has 0 saturated carbocycles. The van der Waals surface area contributed by atoms with Gasteiger partial charge in [0.1, 0.15) is 11.4 Å². The fourth-order valence-corrected chi connectivity index (χ4v) is 2.98. The van der Waals surface area contributed by atoms with Gasteiger partial charge in [0, 0.05) is 24.3 Å². The van der Waals surface area contributed by atoms with E-state index < -0.39 is 0 Å². The third kappa shape index (κ3) is 5.05. The van der Waals surface area contributed by atoms with E-state index in [0.717, 1.165) is 17.8 Å². The Morgan fingerprint density at radius 2 is 2.04 bits per heavy atom. The Morgan fingerprint density at radius 3 is 2.75 bits per heavy atom. The normalized spacial score (nSPS) is 10.9. The van der Waals surface area contributed by atoms with Crippen LogP contribution in [0.2, 0.25) is 10.0 Å². The lowest BCUT2D eigenvalue weighted by molar-refractivity contribution is 0.0945. The van der Waals surface area contributed by atoms with Crippen LogP contribution in [0.5, 0.6) is 5.75 Å². The van der Waals surface area contributed by atoms with Crippen molar-refractivity contribution in [1.29, 1.82) is 0 Å². The van der Waals surface area contributed by atoms with Crippen LogP contribution in [0.15, 0.2) is 36.5 Å². The highest BCUT2D eigenvalue weighted by atomic mass is 35.5. The second kappa shape index (κ2) is 9.12. The average molecular weight is 422 g/mol. The molecule has 0 aliphatic heterocycles. The number of nitrogens with one attached hydrogen (secondary N) is 1. The first-order valence-corrected chi connectivity index (χ1v) is 9.59. The fraction of sp³-hybridized carbons (Fsp3) is 0.316. The smallest absolute Gasteiger partial charge is 0.271 e. The lowest BCUT2D eigenvalue weighted by Crippen LogP contribution is -2.26. The van der Waals surface area contributed by atoms with Gasteiger partial charge in [0.15, 0.2) is 6.73 Å². The Kier molecular flexibility index (Phi) is 6.59. The van der Waals surface area contributed by atoms with Crippen molar-refractivity contribution in [1.82, 2.24) is 24.9 Å². The topological polar surface area (TPSA) is 74.0 Å². The van der Waals surface area contributed by atoms with Crippen molar-refractivity contribution < 1.29 is 9.53 Å². The predicted octanol–water partition coefficient (Wildman–Crippen LogP) is 3.86. The van der Waals surface area contributed by atoms with Gasteiger partial charge in [-0.3, -0.25) is 9.48 Å². The number of ether oxygens (including phenoxy) is 1. The van der Waals surface area contributed by atoms with Gasteiger partial charge in [-0.2, -0.15) is 10.2 Å². The van der Waals surface area contributed by atoms with E-state index in [1.54, 1.807) is 41.2 Å². The minimum absolute atomic E-state index is 0.187. The first-order chi connectivity index (χ1) is 13.4. The van der Waals surface area contributed by atoms with E-state index >= 15 is 0 Å². The molecule has 0 fully saturated rings. The monoisotopic (exact) mass is 421 g/mol. The van der Waals surface area contributed by atoms with Crippen LogP contribution >= 0.6 is 23.2 Å². The molecule has 0 bridgehead atoms. The van der Waals surface area contributed by atoms with Crippen LogP contribution in [0.4, 0.5) is 0 Å². The van der Waals surface area contributed by atoms with Crippen molar-refractivity contribution in [2.45, 2.75) is 33.5 Å². The van der Waals surface area contributed by atoms with Gasteiger partial charge in [0.2, 0.25) is 0 Å². The first kappa shape index (κ1) is 20.2. The second-order valence-electron chi connectivity index (χ2n) is 6.29. The van der Waals surface area contributed by atoms with Crippen molar-refractivity contribution in [2.24, 2.45) is 0 Å². The standard InChI is InChI=1S/C19H21Cl2N5O2/c1-13-18(21)14(2)26(23-13)9-4-8-22-19(27)17-7-10-25(24-17)12-28-16-6-3-5-15(20)11-16/h3,5-7,10-11H,4,8-9,12H2,1-2H3,(H,22,27). The average Bonchev–Trinajstić information content (AvgIpc) is 3.24. The van der Waals surface area contributed by atoms with Crippen LogP contribution in [0.3, 0.4) is 0 Å². The summed E-state index contributed by atoms with van der Waals surface area (Å²) >= 11 is 12.1. The maximum Gasteiger partial charge on any atom is 0.271 e. The van der Waals surface area contributed by atoms with E-state index in [1.807, 2.05) is 18.5 Å². The number of aryl methyl sites for hydroxylation is 2. The maximum absolute atomic E-state index is 12.2. The number of amides is 1. The van der Waals surface area contributed by atoms with Crippen LogP contribution in [-0.4, -0.2) is 32.0 Å². The molecular weight excluding hydrogens is 401 g/mol. The van der Waals surface area contributed by atoms with Gasteiger partial charge >= 0.3 is 0 Å². The number of carbonyl (C=O) groups is 1. The fourth-order valence-electron chi connectivity index (χ4n) is 2.67. The lowest BCUT2D eigenvalue weighted by Gasteiger charge is -2.07. The first-order valence-electron chi connectivity index (χ1n) is 8.83. The molecule has 28 heavy (non-hydrogen) atoms. The van der Waals surface area contributed by atoms with Crippen molar-refractivity contribution in [3.8, 4) is 5.75 Å². The van der Waals surface area contributed by atoms with Gasteiger partial charge < -0.3 is 10.1 Å². The van der Waals surface area contributed by atoms with Crippen LogP contribution < -0.4 is 10.1 Å². The molecule has 1 aromatic carbocycles. The van der Waals surface area contributed by atoms with E-state index in [0.29, 0.717) is 34.6 Å². The van der Waals surface area contributed by atoms with Crippen molar-refractivity contribution in [3.63, 3.8) is 0 Å². The van der Waals surface area contributed by atoms with Crippen LogP contribution in [0, 0.1) is 13.8 Å². The molecular formula is C19H21Cl2N5O2. The molecule has 7 nitrogen and oxygen atoms in total. The van der Waals surface area contributed by atoms with Gasteiger partial charge in [0.05, 0.1) is 16.4 Å². The van der Waals surface area contributed by atoms with Crippen molar-refractivity contribution in [2.75, 3.05) is 6.54 Å². The summed E-state index contributed by atoms with van der Waals surface area (Å²) in [5, 5.41) is 12.7. The van der Waals surface area contributed by atoms with Gasteiger partial charge in [0.25, 0.3) is 5.91 Å². The number of nitrogens with zero attached hydrogens (tertiary/aromatic N) is 4. The van der Waals surface area contributed by atoms with E-state index in [9.17, 15) is 4.79 Å². The molecule has 0 radical (unpaired) electrons. The highest BCUT2D eigenvalue weighted by molar-refractivity contribution is 6.31. The number of halogens is 2. The summed E-state index contributed by atoms with van der Waals surface area (Å²) in [5.41, 5.74) is 2.08. The molecule has 0 aliphatic rings. The molecule has 9 heteroatoms. The molecule has 2 heterocycles. The summed E-state index contributed by atoms with van der Waals surface area (Å²) in [6.45, 7) is 5.19. The molecule has 3 aromatic rings. The van der Waals surface area contributed by atoms with Gasteiger partial charge in [-0.15, -0.1) is 0 Å². The zero-order valence-corrected chi connectivity index (χ0v) is 17.2. The third-order valence-electron chi connectivity index (χ3n) is 4.16. The summed E-state index contributed by atoms with van der Waals surface area (Å²) < 4.78 is 9.00. The largest absolute Gasteiger partial charge is 0.471 e. The summed E-state index contributed by atoms with van der Waals surface area (Å²) in [6, 6.07) is 8.75. The van der Waals surface area contributed by atoms with Gasteiger partial charge in [-0.25, -0.2) is 4.68 Å². The number of aromatic nitrogens is 4. The zero-order valence-electron chi connectivity index (χ0n) is 15.7. The maximum atomic E-state index is 12.2. The number of carbonyl (C=O) groups excluding carboxylic acids is 1. The van der Waals surface area contributed by atoms with Gasteiger partial charge in [-0.05, 0) is 44.5 Å². The minimum atomic E-state index is -0.229. The number of benzene rings is 1. The molecule has 0 aliphatic carbocycles. The van der Waals surface area contributed by atoms with Gasteiger partial charge in [-0.1, -0.05) is 29.3 Å². The highest BCUT2D eigenvalue weighted by Gasteiger charge is 2.11. The second-order valence-corrected chi connectivity index (χ2v) is 7.10. The minimum Gasteiger partial charge on any atom is -0.471 e. The molecule has 3 rings (SSSR count). The van der Waals surface area contributed by atoms with E-state index in [1.165, 1.54) is 0 Å². The summed E-state index contributed by atoms with van der Waals surface area (Å²) in [7, 11) is 0. The van der Waals surface area contributed by atoms with Crippen LogP contribution in [0.1, 0.15) is 28.3 Å². The Labute approximate surface area is 173 Å². The highest BCUT2D eigenvalue weighted by Crippen LogP contribution is 2.19. The summed E-state index contributed by atoms with van der Waals surface area (Å²) in [4.78, 5) is 12.2. The molecule has 2 aromatic heterocycles. The SMILES string of the molecule is Cc1nn(CCCNC(=O)c2ccn(COc3cccc(Cl)c3)n2)c(C)c1Cl. The molecule has 0 atom stereocenters. The van der Waals surface area contributed by atoms with Crippen molar-refractivity contribution >= 4 is 29.1 Å². The molecule has 148 valence electrons. The molecule has 1 N–H and O–H groups in total. The van der Waals surface area contributed by atoms with Crippen LogP contribution in [-0.2, 0) is 13.3 Å². The molecule has 1 amide bonds. The third-order valence-corrected chi connectivity index (χ3v) is 4.94. The number of hydrogen-bond donors (Lipinski definition) is 1. The molecule has 0 spiro atoms. The van der Waals surface area contributed by atoms with Crippen LogP contribution in [0.25, 0.3) is 0 Å². The summed E-state index contributed by atoms with van der Waals surface area (Å²) in [5.74, 6) is 0.408. The lowest BCUT2D eigenvalue weighted by atomic mass is 10.3. The van der Waals surface area contributed by atoms with Crippen molar-refractivity contribution in [3.05, 3.63) is 63.7 Å². The van der Waals surface area contributed by atoms with E-state index in [-0.39, 0.29) is 12.6 Å².